The topological polar surface area (TPSA) is 548 Å². The van der Waals surface area contributed by atoms with Gasteiger partial charge in [-0.2, -0.15) is 0 Å². The lowest BCUT2D eigenvalue weighted by molar-refractivity contribution is -0.142. The molecule has 1 heterocycles. The van der Waals surface area contributed by atoms with Crippen LogP contribution in [-0.2, 0) is 78.2 Å². The number of aliphatic hydroxyl groups excluding tert-OH is 3. The zero-order chi connectivity index (χ0) is 70.8. The Kier molecular flexibility index (Phi) is 46.9. The van der Waals surface area contributed by atoms with Crippen molar-refractivity contribution in [2.24, 2.45) is 5.73 Å². The van der Waals surface area contributed by atoms with E-state index in [1.165, 1.54) is 51.7 Å². The van der Waals surface area contributed by atoms with Crippen LogP contribution in [0.15, 0.2) is 12.5 Å². The minimum absolute atomic E-state index is 0.00956. The highest BCUT2D eigenvalue weighted by Gasteiger charge is 2.34. The number of unbranched alkanes of at least 4 members (excludes halogenated alkanes) is 14. The zero-order valence-corrected chi connectivity index (χ0v) is 54.4. The molecule has 35 nitrogen and oxygen atoms in total. The molecule has 0 fully saturated rings. The Morgan fingerprint density at radius 1 is 0.463 bits per heavy atom. The number of likely N-dealkylation sites (N-methyl/N-ethyl adjacent to an activating group) is 1. The summed E-state index contributed by atoms with van der Waals surface area (Å²) in [5.74, 6) is -12.9. The Balaban J connectivity index is 2.71. The Hall–Kier alpha value is -7.96. The summed E-state index contributed by atoms with van der Waals surface area (Å²) in [4.78, 5) is 171. The van der Waals surface area contributed by atoms with Gasteiger partial charge >= 0.3 is 23.9 Å². The van der Waals surface area contributed by atoms with Crippen LogP contribution in [0.3, 0.4) is 0 Å². The van der Waals surface area contributed by atoms with Crippen molar-refractivity contribution >= 4 is 77.0 Å². The fraction of sp³-hybridized carbons (Fsp3) is 0.733. The molecule has 540 valence electrons. The number of aromatic amines is 1. The highest BCUT2D eigenvalue weighted by atomic mass is 16.5. The maximum atomic E-state index is 13.8. The number of carbonyl (C=O) groups is 13. The number of rotatable bonds is 60. The summed E-state index contributed by atoms with van der Waals surface area (Å²) in [6.07, 6.45) is 16.6. The largest absolute Gasteiger partial charge is 0.481 e. The Labute approximate surface area is 552 Å². The number of amides is 9. The van der Waals surface area contributed by atoms with E-state index < -0.39 is 159 Å². The predicted molar refractivity (Wildman–Crippen MR) is 338 cm³/mol. The van der Waals surface area contributed by atoms with E-state index in [-0.39, 0.29) is 90.4 Å². The summed E-state index contributed by atoms with van der Waals surface area (Å²) >= 11 is 0. The number of hydrogen-bond donors (Lipinski definition) is 18. The van der Waals surface area contributed by atoms with Gasteiger partial charge in [0.1, 0.15) is 42.9 Å². The first-order chi connectivity index (χ1) is 45.4. The lowest BCUT2D eigenvalue weighted by Gasteiger charge is -2.26. The molecule has 0 aromatic carbocycles. The van der Waals surface area contributed by atoms with E-state index in [1.54, 1.807) is 0 Å². The molecule has 0 saturated heterocycles. The second kappa shape index (κ2) is 52.3. The molecule has 1 aromatic rings. The van der Waals surface area contributed by atoms with Crippen molar-refractivity contribution in [3.63, 3.8) is 0 Å². The van der Waals surface area contributed by atoms with Gasteiger partial charge in [0.2, 0.25) is 53.2 Å². The number of imidazole rings is 1. The van der Waals surface area contributed by atoms with Crippen molar-refractivity contribution in [1.29, 1.82) is 0 Å². The first-order valence-corrected chi connectivity index (χ1v) is 32.3. The molecule has 0 bridgehead atoms. The van der Waals surface area contributed by atoms with Gasteiger partial charge in [-0.15, -0.1) is 0 Å². The van der Waals surface area contributed by atoms with Gasteiger partial charge in [-0.3, -0.25) is 67.2 Å². The lowest BCUT2D eigenvalue weighted by atomic mass is 10.0. The number of carbonyl (C=O) groups excluding carboxylic acids is 9. The molecule has 9 amide bonds. The van der Waals surface area contributed by atoms with Crippen molar-refractivity contribution in [2.75, 3.05) is 86.0 Å². The molecule has 19 N–H and O–H groups in total. The van der Waals surface area contributed by atoms with Crippen molar-refractivity contribution in [1.82, 2.24) is 62.7 Å². The fourth-order valence-corrected chi connectivity index (χ4v) is 9.52. The molecule has 35 heteroatoms. The summed E-state index contributed by atoms with van der Waals surface area (Å²) in [6, 6.07) is -11.2. The van der Waals surface area contributed by atoms with Crippen LogP contribution in [0.5, 0.6) is 0 Å². The van der Waals surface area contributed by atoms with Crippen LogP contribution < -0.4 is 53.6 Å². The molecule has 0 saturated carbocycles. The van der Waals surface area contributed by atoms with Gasteiger partial charge in [-0.1, -0.05) is 70.6 Å². The van der Waals surface area contributed by atoms with E-state index >= 15 is 0 Å². The number of nitrogens with zero attached hydrogens (tertiary/aromatic N) is 2. The quantitative estimate of drug-likeness (QED) is 0.0285. The number of aromatic nitrogens is 2. The highest BCUT2D eigenvalue weighted by molar-refractivity contribution is 5.97. The van der Waals surface area contributed by atoms with Gasteiger partial charge in [0.05, 0.1) is 70.8 Å². The monoisotopic (exact) mass is 1360 g/mol. The summed E-state index contributed by atoms with van der Waals surface area (Å²) in [6.45, 7) is -3.98. The highest BCUT2D eigenvalue weighted by Crippen LogP contribution is 2.14. The third-order valence-electron chi connectivity index (χ3n) is 14.8. The Bertz CT molecular complexity index is 2460. The number of hydrogen-bond acceptors (Lipinski definition) is 21. The van der Waals surface area contributed by atoms with Crippen LogP contribution in [0.1, 0.15) is 153 Å². The van der Waals surface area contributed by atoms with Crippen LogP contribution in [0.25, 0.3) is 0 Å². The van der Waals surface area contributed by atoms with Crippen LogP contribution >= 0.6 is 0 Å². The molecular formula is C60H103N13O22. The SMILES string of the molecule is CN[C@@H](Cc1c[nH]cn1)C(=O)N[C@@H](CO)C(=O)N[C@@H](CCCCN(CC(=O)O)CC(=O)O)C(=O)N[C@@H](CO)C(=O)N[C@@H](CO)C(=O)N[C@@H](CCC(=O)O)C(=O)N[C@@H](CCCCNC(=O)COCCOCCNC(=O)CCCCCCCCCCCCCCCC(=O)O)C(N)=O. The van der Waals surface area contributed by atoms with Gasteiger partial charge in [-0.25, -0.2) is 4.98 Å². The Morgan fingerprint density at radius 3 is 1.35 bits per heavy atom. The zero-order valence-electron chi connectivity index (χ0n) is 54.4. The maximum Gasteiger partial charge on any atom is 0.317 e. The van der Waals surface area contributed by atoms with Crippen LogP contribution in [0.2, 0.25) is 0 Å². The van der Waals surface area contributed by atoms with Gasteiger partial charge in [-0.05, 0) is 71.4 Å². The third kappa shape index (κ3) is 42.2. The molecule has 0 radical (unpaired) electrons. The van der Waals surface area contributed by atoms with Gasteiger partial charge in [0.25, 0.3) is 0 Å². The summed E-state index contributed by atoms with van der Waals surface area (Å²) in [5.41, 5.74) is 6.04. The number of nitrogens with two attached hydrogens (primary N) is 1. The van der Waals surface area contributed by atoms with Crippen LogP contribution in [0, 0.1) is 0 Å². The maximum absolute atomic E-state index is 13.8. The van der Waals surface area contributed by atoms with E-state index in [4.69, 9.17) is 20.3 Å². The van der Waals surface area contributed by atoms with E-state index in [0.717, 1.165) is 56.3 Å². The van der Waals surface area contributed by atoms with Crippen LogP contribution in [-0.4, -0.2) is 256 Å². The molecule has 0 aliphatic rings. The molecule has 7 atom stereocenters. The lowest BCUT2D eigenvalue weighted by Crippen LogP contribution is -2.61. The molecule has 1 rings (SSSR count). The predicted octanol–water partition coefficient (Wildman–Crippen LogP) is -3.21. The molecule has 1 aromatic heterocycles. The first kappa shape index (κ1) is 85.1. The smallest absolute Gasteiger partial charge is 0.317 e. The number of aliphatic carboxylic acids is 4. The number of ether oxygens (including phenoxy) is 2. The molecular weight excluding hydrogens is 1250 g/mol. The van der Waals surface area contributed by atoms with Crippen molar-refractivity contribution < 1.29 is 108 Å². The second-order valence-corrected chi connectivity index (χ2v) is 22.7. The normalized spacial score (nSPS) is 13.4. The summed E-state index contributed by atoms with van der Waals surface area (Å²) < 4.78 is 10.8. The van der Waals surface area contributed by atoms with E-state index in [0.29, 0.717) is 25.1 Å². The van der Waals surface area contributed by atoms with E-state index in [9.17, 15) is 93.0 Å². The van der Waals surface area contributed by atoms with Crippen molar-refractivity contribution in [3.05, 3.63) is 18.2 Å². The third-order valence-corrected chi connectivity index (χ3v) is 14.8. The molecule has 0 unspecified atom stereocenters. The number of H-pyrrole nitrogens is 1. The molecule has 0 aliphatic carbocycles. The van der Waals surface area contributed by atoms with Gasteiger partial charge in [0.15, 0.2) is 0 Å². The van der Waals surface area contributed by atoms with Crippen molar-refractivity contribution in [2.45, 2.75) is 196 Å². The average molecular weight is 1360 g/mol. The van der Waals surface area contributed by atoms with Gasteiger partial charge < -0.3 is 104 Å². The molecule has 0 spiro atoms. The fourth-order valence-electron chi connectivity index (χ4n) is 9.52. The average Bonchev–Trinajstić information content (AvgIpc) is 1.49. The number of carboxylic acids is 4. The van der Waals surface area contributed by atoms with E-state index in [1.807, 2.05) is 0 Å². The summed E-state index contributed by atoms with van der Waals surface area (Å²) in [7, 11) is 1.46. The molecule has 95 heavy (non-hydrogen) atoms. The molecule has 0 aliphatic heterocycles. The second-order valence-electron chi connectivity index (χ2n) is 22.7. The van der Waals surface area contributed by atoms with Crippen LogP contribution in [0.4, 0.5) is 0 Å². The standard InChI is InChI=1S/C60H103N13O22/c1-62-44(31-40-32-63-39-66-40)57(90)71-45(35-74)58(91)68-42(20-16-18-27-73(33-52(83)84)34-53(85)86)55(88)70-47(37-76)60(93)72-46(36-75)59(92)69-43(23-24-51(81)82)56(89)67-41(54(61)87)19-15-17-25-64-49(78)38-95-30-29-94-28-26-65-48(77)21-13-11-9-7-5-3-2-4-6-8-10-12-14-22-50(79)80/h32,39,41-47,62,74-76H,2-31,33-38H2,1H3,(H2,61,87)(H,63,66)(H,64,78)(H,65,77)(H,67,89)(H,68,91)(H,69,92)(H,70,88)(H,71,90)(H,72,93)(H,79,80)(H,81,82)(H,83,84)(H,85,86)/t41-,42-,43-,44-,45-,46-,47-/m0/s1. The Morgan fingerprint density at radius 2 is 0.884 bits per heavy atom. The minimum atomic E-state index is -1.94. The van der Waals surface area contributed by atoms with Crippen molar-refractivity contribution in [3.8, 4) is 0 Å². The van der Waals surface area contributed by atoms with E-state index in [2.05, 4.69) is 57.8 Å². The number of aliphatic hydroxyl groups is 3. The number of nitrogens with one attached hydrogen (secondary N) is 10. The number of primary amides is 1. The summed E-state index contributed by atoms with van der Waals surface area (Å²) in [5, 5.41) is 89.0. The first-order valence-electron chi connectivity index (χ1n) is 32.3. The number of carboxylic acid groups (broad SMARTS) is 4. The van der Waals surface area contributed by atoms with Gasteiger partial charge in [0, 0.05) is 45.0 Å². The minimum Gasteiger partial charge on any atom is -0.481 e.